The predicted octanol–water partition coefficient (Wildman–Crippen LogP) is 1.87. The summed E-state index contributed by atoms with van der Waals surface area (Å²) in [5, 5.41) is 13.0. The third-order valence-corrected chi connectivity index (χ3v) is 5.45. The van der Waals surface area contributed by atoms with E-state index < -0.39 is 5.91 Å². The maximum absolute atomic E-state index is 12.3. The molecule has 1 amide bonds. The molecular formula is C23H34N8O2. The van der Waals surface area contributed by atoms with Crippen LogP contribution in [0, 0.1) is 12.8 Å². The number of hydrazone groups is 1. The van der Waals surface area contributed by atoms with E-state index in [0.29, 0.717) is 31.1 Å². The van der Waals surface area contributed by atoms with Gasteiger partial charge in [0.1, 0.15) is 5.82 Å². The summed E-state index contributed by atoms with van der Waals surface area (Å²) < 4.78 is 7.06. The maximum atomic E-state index is 12.3. The Labute approximate surface area is 194 Å². The number of hydrogen-bond donors (Lipinski definition) is 4. The van der Waals surface area contributed by atoms with Gasteiger partial charge in [-0.3, -0.25) is 19.9 Å². The Hall–Kier alpha value is -3.24. The van der Waals surface area contributed by atoms with E-state index in [1.54, 1.807) is 7.11 Å². The van der Waals surface area contributed by atoms with E-state index in [-0.39, 0.29) is 23.7 Å². The Morgan fingerprint density at radius 3 is 2.85 bits per heavy atom. The van der Waals surface area contributed by atoms with Gasteiger partial charge in [0.15, 0.2) is 5.71 Å². The van der Waals surface area contributed by atoms with Crippen molar-refractivity contribution in [2.45, 2.75) is 46.2 Å². The number of nitrogens with two attached hydrogens (primary N) is 2. The molecule has 0 radical (unpaired) electrons. The number of nitrogens with one attached hydrogen (secondary N) is 2. The van der Waals surface area contributed by atoms with E-state index in [1.807, 2.05) is 42.9 Å². The minimum atomic E-state index is -0.643. The van der Waals surface area contributed by atoms with E-state index in [9.17, 15) is 4.79 Å². The number of aliphatic imine (C=N–C) groups is 1. The van der Waals surface area contributed by atoms with E-state index in [1.165, 1.54) is 0 Å². The maximum Gasteiger partial charge on any atom is 0.271 e. The van der Waals surface area contributed by atoms with Gasteiger partial charge in [-0.2, -0.15) is 10.2 Å². The van der Waals surface area contributed by atoms with E-state index in [4.69, 9.17) is 21.2 Å². The summed E-state index contributed by atoms with van der Waals surface area (Å²) in [6.45, 7) is 9.15. The SMILES string of the molecule is COC[C@H](N)CNC1=CCC(C)C(=Nc2cc(C)c3c(cnn3C(C)C)c2)C(C(N)=O)=NN1. The number of aromatic nitrogens is 2. The summed E-state index contributed by atoms with van der Waals surface area (Å²) in [5.41, 5.74) is 18.1. The summed E-state index contributed by atoms with van der Waals surface area (Å²) in [7, 11) is 1.61. The minimum absolute atomic E-state index is 0.0859. The third-order valence-electron chi connectivity index (χ3n) is 5.45. The summed E-state index contributed by atoms with van der Waals surface area (Å²) in [6, 6.07) is 4.05. The second-order valence-electron chi connectivity index (χ2n) is 8.67. The van der Waals surface area contributed by atoms with Crippen molar-refractivity contribution in [3.05, 3.63) is 35.8 Å². The normalized spacial score (nSPS) is 19.0. The molecule has 0 aliphatic carbocycles. The molecule has 2 aromatic rings. The molecule has 2 heterocycles. The van der Waals surface area contributed by atoms with Crippen LogP contribution in [0.1, 0.15) is 38.8 Å². The van der Waals surface area contributed by atoms with Crippen LogP contribution in [0.25, 0.3) is 10.9 Å². The van der Waals surface area contributed by atoms with E-state index in [0.717, 1.165) is 22.2 Å². The largest absolute Gasteiger partial charge is 0.383 e. The Kier molecular flexibility index (Phi) is 7.83. The number of allylic oxidation sites excluding steroid dienone is 1. The molecule has 0 saturated carbocycles. The topological polar surface area (TPSA) is 145 Å². The van der Waals surface area contributed by atoms with Gasteiger partial charge in [-0.25, -0.2) is 0 Å². The zero-order valence-electron chi connectivity index (χ0n) is 19.9. The first-order chi connectivity index (χ1) is 15.7. The van der Waals surface area contributed by atoms with Gasteiger partial charge < -0.3 is 21.5 Å². The van der Waals surface area contributed by atoms with E-state index in [2.05, 4.69) is 34.8 Å². The molecule has 178 valence electrons. The van der Waals surface area contributed by atoms with Crippen molar-refractivity contribution >= 4 is 33.9 Å². The standard InChI is InChI=1S/C23H34N8O2/c1-13(2)31-22-15(4)8-18(9-16(22)10-27-31)28-20-14(3)6-7-19(26-11-17(24)12-33-5)29-30-21(20)23(25)32/h7-10,13-14,17,26,29H,6,11-12,24H2,1-5H3,(H2,25,32)/t14?,17-/m1/s1. The molecule has 6 N–H and O–H groups in total. The fourth-order valence-corrected chi connectivity index (χ4v) is 3.80. The second-order valence-corrected chi connectivity index (χ2v) is 8.67. The van der Waals surface area contributed by atoms with Crippen LogP contribution < -0.4 is 22.2 Å². The monoisotopic (exact) mass is 454 g/mol. The zero-order chi connectivity index (χ0) is 24.1. The lowest BCUT2D eigenvalue weighted by Crippen LogP contribution is -2.41. The van der Waals surface area contributed by atoms with Gasteiger partial charge >= 0.3 is 0 Å². The number of carbonyl (C=O) groups is 1. The van der Waals surface area contributed by atoms with Crippen molar-refractivity contribution < 1.29 is 9.53 Å². The Bertz CT molecular complexity index is 1100. The highest BCUT2D eigenvalue weighted by Gasteiger charge is 2.24. The van der Waals surface area contributed by atoms with Crippen molar-refractivity contribution in [2.75, 3.05) is 20.3 Å². The molecule has 0 bridgehead atoms. The van der Waals surface area contributed by atoms with Gasteiger partial charge in [0.25, 0.3) is 5.91 Å². The van der Waals surface area contributed by atoms with Crippen LogP contribution in [-0.2, 0) is 9.53 Å². The Balaban J connectivity index is 1.92. The number of primary amides is 1. The molecule has 0 saturated heterocycles. The van der Waals surface area contributed by atoms with Crippen LogP contribution in [0.15, 0.2) is 40.3 Å². The molecule has 10 nitrogen and oxygen atoms in total. The first-order valence-corrected chi connectivity index (χ1v) is 11.1. The number of carbonyl (C=O) groups excluding carboxylic acids is 1. The highest BCUT2D eigenvalue weighted by Crippen LogP contribution is 2.28. The number of ether oxygens (including phenoxy) is 1. The smallest absolute Gasteiger partial charge is 0.271 e. The van der Waals surface area contributed by atoms with Gasteiger partial charge in [-0.1, -0.05) is 6.92 Å². The zero-order valence-corrected chi connectivity index (χ0v) is 19.9. The van der Waals surface area contributed by atoms with Gasteiger partial charge in [0.05, 0.1) is 29.7 Å². The van der Waals surface area contributed by atoms with Crippen LogP contribution in [0.2, 0.25) is 0 Å². The molecule has 1 aliphatic heterocycles. The average molecular weight is 455 g/mol. The molecule has 2 atom stereocenters. The van der Waals surface area contributed by atoms with Crippen molar-refractivity contribution in [3.63, 3.8) is 0 Å². The third kappa shape index (κ3) is 5.77. The highest BCUT2D eigenvalue weighted by molar-refractivity contribution is 6.67. The molecule has 3 rings (SSSR count). The van der Waals surface area contributed by atoms with Gasteiger partial charge in [0.2, 0.25) is 0 Å². The molecule has 0 spiro atoms. The first kappa shape index (κ1) is 24.4. The number of hydrogen-bond acceptors (Lipinski definition) is 8. The number of aryl methyl sites for hydroxylation is 1. The number of amides is 1. The van der Waals surface area contributed by atoms with Crippen molar-refractivity contribution in [1.29, 1.82) is 0 Å². The number of fused-ring (bicyclic) bond motifs is 1. The summed E-state index contributed by atoms with van der Waals surface area (Å²) >= 11 is 0. The summed E-state index contributed by atoms with van der Waals surface area (Å²) in [4.78, 5) is 17.1. The Morgan fingerprint density at radius 1 is 1.42 bits per heavy atom. The summed E-state index contributed by atoms with van der Waals surface area (Å²) in [6.07, 6.45) is 4.45. The highest BCUT2D eigenvalue weighted by atomic mass is 16.5. The van der Waals surface area contributed by atoms with Crippen LogP contribution >= 0.6 is 0 Å². The van der Waals surface area contributed by atoms with Crippen LogP contribution in [-0.4, -0.2) is 53.4 Å². The molecule has 10 heteroatoms. The van der Waals surface area contributed by atoms with Crippen molar-refractivity contribution in [3.8, 4) is 0 Å². The van der Waals surface area contributed by atoms with Crippen LogP contribution in [0.5, 0.6) is 0 Å². The quantitative estimate of drug-likeness (QED) is 0.479. The van der Waals surface area contributed by atoms with Gasteiger partial charge in [-0.15, -0.1) is 0 Å². The van der Waals surface area contributed by atoms with Crippen molar-refractivity contribution in [2.24, 2.45) is 27.5 Å². The van der Waals surface area contributed by atoms with E-state index >= 15 is 0 Å². The molecule has 33 heavy (non-hydrogen) atoms. The summed E-state index contributed by atoms with van der Waals surface area (Å²) in [5.74, 6) is -0.0717. The molecular weight excluding hydrogens is 420 g/mol. The molecule has 1 aliphatic rings. The minimum Gasteiger partial charge on any atom is -0.383 e. The van der Waals surface area contributed by atoms with Crippen molar-refractivity contribution in [1.82, 2.24) is 20.5 Å². The molecule has 1 aromatic carbocycles. The fourth-order valence-electron chi connectivity index (χ4n) is 3.80. The lowest BCUT2D eigenvalue weighted by molar-refractivity contribution is -0.111. The fraction of sp³-hybridized carbons (Fsp3) is 0.478. The van der Waals surface area contributed by atoms with Gasteiger partial charge in [-0.05, 0) is 51.0 Å². The van der Waals surface area contributed by atoms with Gasteiger partial charge in [0, 0.05) is 37.0 Å². The number of nitrogens with zero attached hydrogens (tertiary/aromatic N) is 4. The lowest BCUT2D eigenvalue weighted by atomic mass is 9.96. The van der Waals surface area contributed by atoms with Crippen LogP contribution in [0.4, 0.5) is 5.69 Å². The Morgan fingerprint density at radius 2 is 2.18 bits per heavy atom. The second kappa shape index (κ2) is 10.6. The number of benzene rings is 1. The number of rotatable bonds is 8. The number of methoxy groups -OCH3 is 1. The lowest BCUT2D eigenvalue weighted by Gasteiger charge is -2.20. The first-order valence-electron chi connectivity index (χ1n) is 11.1. The molecule has 1 aromatic heterocycles. The average Bonchev–Trinajstić information content (AvgIpc) is 3.18. The van der Waals surface area contributed by atoms with Crippen LogP contribution in [0.3, 0.4) is 0 Å². The molecule has 1 unspecified atom stereocenters. The molecule has 0 fully saturated rings. The predicted molar refractivity (Wildman–Crippen MR) is 131 cm³/mol.